The maximum atomic E-state index is 11.8. The third-order valence-corrected chi connectivity index (χ3v) is 8.89. The Morgan fingerprint density at radius 1 is 0.522 bits per heavy atom. The minimum atomic E-state index is -2.12. The van der Waals surface area contributed by atoms with Crippen molar-refractivity contribution in [3.05, 3.63) is 153 Å². The van der Waals surface area contributed by atoms with Gasteiger partial charge in [-0.25, -0.2) is 0 Å². The first-order valence-corrected chi connectivity index (χ1v) is 16.6. The van der Waals surface area contributed by atoms with Crippen molar-refractivity contribution in [1.29, 1.82) is 0 Å². The lowest BCUT2D eigenvalue weighted by atomic mass is 10.2. The Labute approximate surface area is 270 Å². The molecule has 0 N–H and O–H groups in total. The summed E-state index contributed by atoms with van der Waals surface area (Å²) in [6, 6.07) is 34.4. The SMILES string of the molecule is Cc1ccccc1OP(OCc1ccc([N+](=O)[O-])cc1OP(Oc1ccccc1C)Oc1ccccc1C)Oc1ccccc1C. The fraction of sp³-hybridized carbons (Fsp3) is 0.143. The fourth-order valence-electron chi connectivity index (χ4n) is 4.15. The van der Waals surface area contributed by atoms with Crippen LogP contribution in [0.4, 0.5) is 5.69 Å². The van der Waals surface area contributed by atoms with E-state index in [2.05, 4.69) is 0 Å². The second kappa shape index (κ2) is 15.5. The molecule has 0 heterocycles. The van der Waals surface area contributed by atoms with Gasteiger partial charge in [0.2, 0.25) is 0 Å². The molecule has 0 amide bonds. The summed E-state index contributed by atoms with van der Waals surface area (Å²) in [4.78, 5) is 11.3. The Bertz CT molecular complexity index is 1710. The van der Waals surface area contributed by atoms with Crippen LogP contribution in [0.2, 0.25) is 0 Å². The van der Waals surface area contributed by atoms with Crippen molar-refractivity contribution in [1.82, 2.24) is 0 Å². The van der Waals surface area contributed by atoms with Crippen molar-refractivity contribution >= 4 is 22.9 Å². The van der Waals surface area contributed by atoms with Gasteiger partial charge in [-0.05, 0) is 80.3 Å². The van der Waals surface area contributed by atoms with Gasteiger partial charge in [-0.15, -0.1) is 0 Å². The van der Waals surface area contributed by atoms with Crippen LogP contribution >= 0.6 is 17.2 Å². The summed E-state index contributed by atoms with van der Waals surface area (Å²) in [5, 5.41) is 11.8. The number of nitrogens with zero attached hydrogens (tertiary/aromatic N) is 1. The molecular formula is C35H33NO8P2. The first-order chi connectivity index (χ1) is 22.3. The average molecular weight is 658 g/mol. The van der Waals surface area contributed by atoms with E-state index in [0.29, 0.717) is 28.6 Å². The summed E-state index contributed by atoms with van der Waals surface area (Å²) >= 11 is 0. The molecule has 0 bridgehead atoms. The normalized spacial score (nSPS) is 10.9. The Hall–Kier alpha value is -4.68. The number of aryl methyl sites for hydroxylation is 4. The van der Waals surface area contributed by atoms with Gasteiger partial charge in [-0.3, -0.25) is 14.6 Å². The van der Waals surface area contributed by atoms with E-state index < -0.39 is 22.1 Å². The number of non-ortho nitro benzene ring substituents is 1. The van der Waals surface area contributed by atoms with E-state index in [-0.39, 0.29) is 18.0 Å². The van der Waals surface area contributed by atoms with E-state index >= 15 is 0 Å². The molecule has 0 saturated heterocycles. The molecule has 0 saturated carbocycles. The second-order valence-corrected chi connectivity index (χ2v) is 12.4. The van der Waals surface area contributed by atoms with Gasteiger partial charge in [-0.1, -0.05) is 72.8 Å². The van der Waals surface area contributed by atoms with Gasteiger partial charge in [-0.2, -0.15) is 0 Å². The van der Waals surface area contributed by atoms with Crippen LogP contribution in [0.3, 0.4) is 0 Å². The molecule has 0 aliphatic carbocycles. The van der Waals surface area contributed by atoms with E-state index in [4.69, 9.17) is 27.1 Å². The second-order valence-electron chi connectivity index (χ2n) is 10.3. The molecule has 236 valence electrons. The van der Waals surface area contributed by atoms with Gasteiger partial charge in [0.1, 0.15) is 28.7 Å². The van der Waals surface area contributed by atoms with Crippen molar-refractivity contribution in [2.75, 3.05) is 0 Å². The third kappa shape index (κ3) is 8.73. The van der Waals surface area contributed by atoms with E-state index in [9.17, 15) is 10.1 Å². The smallest absolute Gasteiger partial charge is 0.417 e. The number of para-hydroxylation sites is 4. The molecular weight excluding hydrogens is 624 g/mol. The molecule has 0 radical (unpaired) electrons. The summed E-state index contributed by atoms with van der Waals surface area (Å²) in [7, 11) is -4.08. The largest absolute Gasteiger partial charge is 0.530 e. The zero-order chi connectivity index (χ0) is 32.5. The number of hydrogen-bond acceptors (Lipinski definition) is 8. The van der Waals surface area contributed by atoms with Gasteiger partial charge in [0.25, 0.3) is 5.69 Å². The molecule has 11 heteroatoms. The minimum Gasteiger partial charge on any atom is -0.417 e. The predicted molar refractivity (Wildman–Crippen MR) is 180 cm³/mol. The summed E-state index contributed by atoms with van der Waals surface area (Å²) in [5.74, 6) is 2.52. The molecule has 5 aromatic rings. The van der Waals surface area contributed by atoms with Crippen molar-refractivity contribution < 1.29 is 32.1 Å². The van der Waals surface area contributed by atoms with Gasteiger partial charge >= 0.3 is 17.2 Å². The van der Waals surface area contributed by atoms with E-state index in [1.165, 1.54) is 12.1 Å². The number of nitro groups is 1. The van der Waals surface area contributed by atoms with Crippen LogP contribution in [-0.4, -0.2) is 4.92 Å². The average Bonchev–Trinajstić information content (AvgIpc) is 3.04. The van der Waals surface area contributed by atoms with Gasteiger partial charge in [0, 0.05) is 11.6 Å². The highest BCUT2D eigenvalue weighted by Crippen LogP contribution is 2.48. The van der Waals surface area contributed by atoms with Crippen LogP contribution in [0, 0.1) is 37.8 Å². The molecule has 0 aliphatic heterocycles. The molecule has 0 aliphatic rings. The fourth-order valence-corrected chi connectivity index (χ4v) is 6.44. The molecule has 9 nitrogen and oxygen atoms in total. The van der Waals surface area contributed by atoms with Gasteiger partial charge in [0.15, 0.2) is 0 Å². The van der Waals surface area contributed by atoms with E-state index in [0.717, 1.165) is 22.3 Å². The highest BCUT2D eigenvalue weighted by molar-refractivity contribution is 7.43. The summed E-state index contributed by atoms with van der Waals surface area (Å²) in [5.41, 5.74) is 3.94. The highest BCUT2D eigenvalue weighted by Gasteiger charge is 2.26. The lowest BCUT2D eigenvalue weighted by molar-refractivity contribution is -0.384. The van der Waals surface area contributed by atoms with Crippen LogP contribution in [-0.2, 0) is 11.1 Å². The maximum Gasteiger partial charge on any atom is 0.530 e. The minimum absolute atomic E-state index is 0.0469. The van der Waals surface area contributed by atoms with Gasteiger partial charge < -0.3 is 22.6 Å². The molecule has 0 spiro atoms. The Morgan fingerprint density at radius 2 is 0.891 bits per heavy atom. The number of benzene rings is 5. The summed E-state index contributed by atoms with van der Waals surface area (Å²) < 4.78 is 37.5. The highest BCUT2D eigenvalue weighted by atomic mass is 31.2. The van der Waals surface area contributed by atoms with Crippen LogP contribution in [0.15, 0.2) is 115 Å². The molecule has 5 aromatic carbocycles. The number of rotatable bonds is 14. The number of nitro benzene ring substituents is 1. The lowest BCUT2D eigenvalue weighted by Crippen LogP contribution is -2.07. The Balaban J connectivity index is 1.44. The Kier molecular flexibility index (Phi) is 11.1. The van der Waals surface area contributed by atoms with Crippen molar-refractivity contribution in [2.45, 2.75) is 34.3 Å². The first-order valence-electron chi connectivity index (χ1n) is 14.4. The summed E-state index contributed by atoms with van der Waals surface area (Å²) in [6.07, 6.45) is 0. The molecule has 0 unspecified atom stereocenters. The van der Waals surface area contributed by atoms with E-state index in [1.807, 2.05) is 125 Å². The van der Waals surface area contributed by atoms with Gasteiger partial charge in [0.05, 0.1) is 17.6 Å². The third-order valence-electron chi connectivity index (χ3n) is 6.83. The molecule has 0 fully saturated rings. The molecule has 46 heavy (non-hydrogen) atoms. The first kappa shape index (κ1) is 32.7. The van der Waals surface area contributed by atoms with Crippen molar-refractivity contribution in [3.63, 3.8) is 0 Å². The predicted octanol–water partition coefficient (Wildman–Crippen LogP) is 10.5. The lowest BCUT2D eigenvalue weighted by Gasteiger charge is -2.22. The standard InChI is InChI=1S/C35H33NO8P2/c1-25-13-5-9-17-31(25)40-45(41-32-18-10-6-14-26(32)2)39-24-29-21-22-30(36(37)38)23-35(29)44-46(42-33-19-11-7-15-27(33)3)43-34-20-12-8-16-28(34)4/h5-23H,24H2,1-4H3. The number of hydrogen-bond donors (Lipinski definition) is 0. The van der Waals surface area contributed by atoms with E-state index in [1.54, 1.807) is 6.07 Å². The van der Waals surface area contributed by atoms with Crippen LogP contribution in [0.25, 0.3) is 0 Å². The summed E-state index contributed by atoms with van der Waals surface area (Å²) in [6.45, 7) is 7.64. The van der Waals surface area contributed by atoms with Crippen LogP contribution < -0.4 is 22.6 Å². The Morgan fingerprint density at radius 3 is 1.28 bits per heavy atom. The van der Waals surface area contributed by atoms with Crippen LogP contribution in [0.5, 0.6) is 28.7 Å². The van der Waals surface area contributed by atoms with Crippen molar-refractivity contribution in [2.24, 2.45) is 0 Å². The zero-order valence-corrected chi connectivity index (χ0v) is 27.6. The topological polar surface area (TPSA) is 98.5 Å². The zero-order valence-electron chi connectivity index (χ0n) is 25.8. The van der Waals surface area contributed by atoms with Crippen LogP contribution in [0.1, 0.15) is 27.8 Å². The molecule has 5 rings (SSSR count). The monoisotopic (exact) mass is 657 g/mol. The molecule has 0 aromatic heterocycles. The maximum absolute atomic E-state index is 11.8. The van der Waals surface area contributed by atoms with Crippen molar-refractivity contribution in [3.8, 4) is 28.7 Å². The quantitative estimate of drug-likeness (QED) is 0.0661. The molecule has 0 atom stereocenters.